The molecule has 0 unspecified atom stereocenters. The van der Waals surface area contributed by atoms with Gasteiger partial charge in [0.15, 0.2) is 11.5 Å². The zero-order valence-electron chi connectivity index (χ0n) is 11.9. The monoisotopic (exact) mass is 276 g/mol. The van der Waals surface area contributed by atoms with E-state index >= 15 is 0 Å². The van der Waals surface area contributed by atoms with Crippen molar-refractivity contribution in [2.75, 3.05) is 24.9 Å². The highest BCUT2D eigenvalue weighted by Crippen LogP contribution is 2.43. The number of benzene rings is 1. The molecule has 2 N–H and O–H groups in total. The molecular weight excluding hydrogens is 256 g/mol. The Morgan fingerprint density at radius 2 is 1.65 bits per heavy atom. The largest absolute Gasteiger partial charge is 0.493 e. The standard InChI is InChI=1S/C15H20N2O3/c1-19-12-7-10-11(8-13(12)20-2)17-15(5-3-4-6-15)9-14(18)16-10/h7-8,17H,3-6,9H2,1-2H3,(H,16,18). The minimum Gasteiger partial charge on any atom is -0.493 e. The van der Waals surface area contributed by atoms with Gasteiger partial charge in [-0.2, -0.15) is 0 Å². The summed E-state index contributed by atoms with van der Waals surface area (Å²) in [6.07, 6.45) is 4.93. The number of hydrogen-bond acceptors (Lipinski definition) is 4. The van der Waals surface area contributed by atoms with Crippen LogP contribution in [0.2, 0.25) is 0 Å². The number of carbonyl (C=O) groups is 1. The van der Waals surface area contributed by atoms with Crippen molar-refractivity contribution in [1.29, 1.82) is 0 Å². The number of ether oxygens (including phenoxy) is 2. The summed E-state index contributed by atoms with van der Waals surface area (Å²) in [6, 6.07) is 3.72. The van der Waals surface area contributed by atoms with Crippen molar-refractivity contribution in [1.82, 2.24) is 0 Å². The van der Waals surface area contributed by atoms with E-state index in [1.54, 1.807) is 14.2 Å². The number of hydrogen-bond donors (Lipinski definition) is 2. The number of nitrogens with one attached hydrogen (secondary N) is 2. The lowest BCUT2D eigenvalue weighted by molar-refractivity contribution is -0.117. The fourth-order valence-electron chi connectivity index (χ4n) is 3.27. The average Bonchev–Trinajstić information content (AvgIpc) is 2.81. The second-order valence-corrected chi connectivity index (χ2v) is 5.59. The Kier molecular flexibility index (Phi) is 3.20. The Bertz CT molecular complexity index is 536. The Morgan fingerprint density at radius 1 is 1.05 bits per heavy atom. The van der Waals surface area contributed by atoms with Gasteiger partial charge in [0.25, 0.3) is 0 Å². The van der Waals surface area contributed by atoms with Gasteiger partial charge in [0, 0.05) is 24.1 Å². The van der Waals surface area contributed by atoms with Crippen LogP contribution >= 0.6 is 0 Å². The van der Waals surface area contributed by atoms with Crippen molar-refractivity contribution in [3.63, 3.8) is 0 Å². The third-order valence-corrected chi connectivity index (χ3v) is 4.26. The normalized spacial score (nSPS) is 19.8. The van der Waals surface area contributed by atoms with Crippen LogP contribution in [0.1, 0.15) is 32.1 Å². The van der Waals surface area contributed by atoms with E-state index in [1.165, 1.54) is 12.8 Å². The minimum atomic E-state index is -0.102. The third kappa shape index (κ3) is 2.17. The Morgan fingerprint density at radius 3 is 2.25 bits per heavy atom. The van der Waals surface area contributed by atoms with Crippen molar-refractivity contribution in [2.45, 2.75) is 37.6 Å². The second-order valence-electron chi connectivity index (χ2n) is 5.59. The number of anilines is 2. The first kappa shape index (κ1) is 13.1. The fraction of sp³-hybridized carbons (Fsp3) is 0.533. The molecule has 0 bridgehead atoms. The lowest BCUT2D eigenvalue weighted by Gasteiger charge is -2.29. The molecule has 5 heteroatoms. The Labute approximate surface area is 118 Å². The molecule has 0 radical (unpaired) electrons. The first-order valence-electron chi connectivity index (χ1n) is 7.00. The summed E-state index contributed by atoms with van der Waals surface area (Å²) in [4.78, 5) is 12.1. The molecule has 1 aromatic carbocycles. The lowest BCUT2D eigenvalue weighted by atomic mass is 9.93. The molecule has 0 atom stereocenters. The molecule has 0 aromatic heterocycles. The van der Waals surface area contributed by atoms with E-state index in [9.17, 15) is 4.79 Å². The molecule has 5 nitrogen and oxygen atoms in total. The molecule has 1 saturated carbocycles. The van der Waals surface area contributed by atoms with E-state index in [4.69, 9.17) is 9.47 Å². The maximum absolute atomic E-state index is 12.1. The van der Waals surface area contributed by atoms with Crippen LogP contribution in [0.4, 0.5) is 11.4 Å². The summed E-state index contributed by atoms with van der Waals surface area (Å²) in [5.74, 6) is 1.35. The molecule has 3 rings (SSSR count). The van der Waals surface area contributed by atoms with Gasteiger partial charge in [-0.3, -0.25) is 4.79 Å². The van der Waals surface area contributed by atoms with Crippen molar-refractivity contribution < 1.29 is 14.3 Å². The summed E-state index contributed by atoms with van der Waals surface area (Å²) in [5.41, 5.74) is 1.57. The van der Waals surface area contributed by atoms with E-state index in [-0.39, 0.29) is 11.4 Å². The zero-order chi connectivity index (χ0) is 14.2. The van der Waals surface area contributed by atoms with Gasteiger partial charge >= 0.3 is 0 Å². The zero-order valence-corrected chi connectivity index (χ0v) is 11.9. The summed E-state index contributed by atoms with van der Waals surface area (Å²) >= 11 is 0. The number of methoxy groups -OCH3 is 2. The second kappa shape index (κ2) is 4.89. The van der Waals surface area contributed by atoms with Gasteiger partial charge in [-0.25, -0.2) is 0 Å². The maximum atomic E-state index is 12.1. The van der Waals surface area contributed by atoms with Crippen LogP contribution in [0.25, 0.3) is 0 Å². The van der Waals surface area contributed by atoms with Gasteiger partial charge in [-0.1, -0.05) is 12.8 Å². The van der Waals surface area contributed by atoms with Crippen LogP contribution in [0.15, 0.2) is 12.1 Å². The molecule has 1 aliphatic carbocycles. The average molecular weight is 276 g/mol. The van der Waals surface area contributed by atoms with Crippen molar-refractivity contribution >= 4 is 17.3 Å². The van der Waals surface area contributed by atoms with Crippen molar-refractivity contribution in [2.24, 2.45) is 0 Å². The highest BCUT2D eigenvalue weighted by atomic mass is 16.5. The molecule has 1 fully saturated rings. The van der Waals surface area contributed by atoms with Gasteiger partial charge in [-0.15, -0.1) is 0 Å². The van der Waals surface area contributed by atoms with Crippen LogP contribution in [-0.4, -0.2) is 25.7 Å². The van der Waals surface area contributed by atoms with Gasteiger partial charge in [-0.05, 0) is 12.8 Å². The highest BCUT2D eigenvalue weighted by Gasteiger charge is 2.38. The summed E-state index contributed by atoms with van der Waals surface area (Å²) < 4.78 is 10.6. The van der Waals surface area contributed by atoms with Gasteiger partial charge in [0.2, 0.25) is 5.91 Å². The van der Waals surface area contributed by atoms with Gasteiger partial charge in [0.1, 0.15) is 0 Å². The molecule has 108 valence electrons. The molecule has 1 heterocycles. The molecular formula is C15H20N2O3. The number of amides is 1. The van der Waals surface area contributed by atoms with Crippen molar-refractivity contribution in [3.05, 3.63) is 12.1 Å². The predicted molar refractivity (Wildman–Crippen MR) is 77.6 cm³/mol. The van der Waals surface area contributed by atoms with Crippen molar-refractivity contribution in [3.8, 4) is 11.5 Å². The van der Waals surface area contributed by atoms with E-state index in [1.807, 2.05) is 12.1 Å². The van der Waals surface area contributed by atoms with Crippen LogP contribution in [0.3, 0.4) is 0 Å². The van der Waals surface area contributed by atoms with Crippen LogP contribution in [-0.2, 0) is 4.79 Å². The maximum Gasteiger partial charge on any atom is 0.226 e. The summed E-state index contributed by atoms with van der Waals surface area (Å²) in [5, 5.41) is 6.53. The number of carbonyl (C=O) groups excluding carboxylic acids is 1. The van der Waals surface area contributed by atoms with E-state index in [2.05, 4.69) is 10.6 Å². The van der Waals surface area contributed by atoms with Crippen LogP contribution in [0.5, 0.6) is 11.5 Å². The molecule has 1 aliphatic heterocycles. The number of rotatable bonds is 2. The molecule has 2 aliphatic rings. The topological polar surface area (TPSA) is 59.6 Å². The minimum absolute atomic E-state index is 0.0605. The van der Waals surface area contributed by atoms with Gasteiger partial charge in [0.05, 0.1) is 25.6 Å². The Balaban J connectivity index is 2.04. The SMILES string of the molecule is COc1cc2c(cc1OC)NC1(CCCC1)CC(=O)N2. The van der Waals surface area contributed by atoms with E-state index in [0.717, 1.165) is 24.2 Å². The highest BCUT2D eigenvalue weighted by molar-refractivity contribution is 5.97. The number of fused-ring (bicyclic) bond motifs is 1. The van der Waals surface area contributed by atoms with Crippen LogP contribution in [0, 0.1) is 0 Å². The van der Waals surface area contributed by atoms with E-state index in [0.29, 0.717) is 17.9 Å². The summed E-state index contributed by atoms with van der Waals surface area (Å²) in [7, 11) is 3.21. The molecule has 0 saturated heterocycles. The first-order valence-corrected chi connectivity index (χ1v) is 7.00. The Hall–Kier alpha value is -1.91. The first-order chi connectivity index (χ1) is 9.65. The molecule has 1 amide bonds. The molecule has 20 heavy (non-hydrogen) atoms. The van der Waals surface area contributed by atoms with E-state index < -0.39 is 0 Å². The fourth-order valence-corrected chi connectivity index (χ4v) is 3.27. The molecule has 1 spiro atoms. The van der Waals surface area contributed by atoms with Crippen LogP contribution < -0.4 is 20.1 Å². The quantitative estimate of drug-likeness (QED) is 0.872. The van der Waals surface area contributed by atoms with Gasteiger partial charge < -0.3 is 20.1 Å². The smallest absolute Gasteiger partial charge is 0.226 e. The third-order valence-electron chi connectivity index (χ3n) is 4.26. The molecule has 1 aromatic rings. The lowest BCUT2D eigenvalue weighted by Crippen LogP contribution is -2.36. The summed E-state index contributed by atoms with van der Waals surface area (Å²) in [6.45, 7) is 0. The predicted octanol–water partition coefficient (Wildman–Crippen LogP) is 2.77.